The molecule has 3 rings (SSSR count). The lowest BCUT2D eigenvalue weighted by atomic mass is 9.69. The van der Waals surface area contributed by atoms with E-state index in [0.717, 1.165) is 0 Å². The molecule has 8 heteroatoms. The first-order chi connectivity index (χ1) is 14.8. The van der Waals surface area contributed by atoms with Crippen molar-refractivity contribution in [2.75, 3.05) is 27.4 Å². The topological polar surface area (TPSA) is 90.9 Å². The Bertz CT molecular complexity index is 949. The molecule has 0 spiro atoms. The summed E-state index contributed by atoms with van der Waals surface area (Å²) >= 11 is 6.06. The van der Waals surface area contributed by atoms with Gasteiger partial charge in [-0.2, -0.15) is 0 Å². The second-order valence-electron chi connectivity index (χ2n) is 7.72. The van der Waals surface area contributed by atoms with E-state index in [-0.39, 0.29) is 24.9 Å². The van der Waals surface area contributed by atoms with Gasteiger partial charge in [-0.15, -0.1) is 0 Å². The average molecular weight is 448 g/mol. The fourth-order valence-corrected chi connectivity index (χ4v) is 4.36. The molecule has 1 aliphatic heterocycles. The monoisotopic (exact) mass is 447 g/mol. The van der Waals surface area contributed by atoms with E-state index in [9.17, 15) is 14.4 Å². The SMILES string of the molecule is COCCOC(=O)C1=C(C)NC2=C(C(=O)[C@H](C(=O)OC)[C@H](C)C2)[C@@H]1c1ccc(Cl)cc1. The number of Topliss-reactive ketones (excluding diaryl/α,β-unsaturated/α-hetero) is 1. The third-order valence-corrected chi connectivity index (χ3v) is 5.94. The summed E-state index contributed by atoms with van der Waals surface area (Å²) < 4.78 is 15.2. The Kier molecular flexibility index (Phi) is 7.18. The number of rotatable bonds is 6. The molecule has 31 heavy (non-hydrogen) atoms. The van der Waals surface area contributed by atoms with Crippen LogP contribution in [0.4, 0.5) is 0 Å². The summed E-state index contributed by atoms with van der Waals surface area (Å²) in [6, 6.07) is 6.96. The lowest BCUT2D eigenvalue weighted by Crippen LogP contribution is -2.43. The highest BCUT2D eigenvalue weighted by molar-refractivity contribution is 6.30. The van der Waals surface area contributed by atoms with Crippen molar-refractivity contribution in [1.29, 1.82) is 0 Å². The molecule has 166 valence electrons. The van der Waals surface area contributed by atoms with Gasteiger partial charge in [-0.3, -0.25) is 9.59 Å². The first-order valence-corrected chi connectivity index (χ1v) is 10.4. The highest BCUT2D eigenvalue weighted by Crippen LogP contribution is 2.45. The number of halogens is 1. The van der Waals surface area contributed by atoms with Crippen molar-refractivity contribution in [3.8, 4) is 0 Å². The Morgan fingerprint density at radius 3 is 2.45 bits per heavy atom. The van der Waals surface area contributed by atoms with Gasteiger partial charge in [-0.25, -0.2) is 4.79 Å². The van der Waals surface area contributed by atoms with E-state index in [1.54, 1.807) is 31.2 Å². The summed E-state index contributed by atoms with van der Waals surface area (Å²) in [5, 5.41) is 3.75. The Labute approximate surface area is 186 Å². The molecule has 0 aromatic heterocycles. The number of hydrogen-bond donors (Lipinski definition) is 1. The fraction of sp³-hybridized carbons (Fsp3) is 0.435. The predicted octanol–water partition coefficient (Wildman–Crippen LogP) is 3.14. The number of carbonyl (C=O) groups excluding carboxylic acids is 3. The van der Waals surface area contributed by atoms with Crippen LogP contribution in [0, 0.1) is 11.8 Å². The zero-order valence-electron chi connectivity index (χ0n) is 18.0. The van der Waals surface area contributed by atoms with Crippen LogP contribution >= 0.6 is 11.6 Å². The summed E-state index contributed by atoms with van der Waals surface area (Å²) in [6.07, 6.45) is 0.480. The highest BCUT2D eigenvalue weighted by atomic mass is 35.5. The summed E-state index contributed by atoms with van der Waals surface area (Å²) in [4.78, 5) is 38.9. The quantitative estimate of drug-likeness (QED) is 0.407. The molecule has 0 unspecified atom stereocenters. The van der Waals surface area contributed by atoms with Gasteiger partial charge in [0.2, 0.25) is 0 Å². The van der Waals surface area contributed by atoms with E-state index in [1.807, 2.05) is 6.92 Å². The van der Waals surface area contributed by atoms with Crippen LogP contribution in [0.25, 0.3) is 0 Å². The molecule has 7 nitrogen and oxygen atoms in total. The molecule has 0 bridgehead atoms. The first kappa shape index (κ1) is 23.0. The van der Waals surface area contributed by atoms with Gasteiger partial charge in [0.05, 0.1) is 19.3 Å². The zero-order chi connectivity index (χ0) is 22.7. The second kappa shape index (κ2) is 9.66. The number of ketones is 1. The molecule has 0 saturated heterocycles. The number of allylic oxidation sites excluding steroid dienone is 3. The fourth-order valence-electron chi connectivity index (χ4n) is 4.24. The predicted molar refractivity (Wildman–Crippen MR) is 114 cm³/mol. The van der Waals surface area contributed by atoms with E-state index in [0.29, 0.717) is 39.5 Å². The smallest absolute Gasteiger partial charge is 0.336 e. The summed E-state index contributed by atoms with van der Waals surface area (Å²) in [7, 11) is 2.79. The first-order valence-electron chi connectivity index (χ1n) is 10.0. The molecule has 0 saturated carbocycles. The molecule has 0 radical (unpaired) electrons. The largest absolute Gasteiger partial charge is 0.468 e. The molecule has 0 amide bonds. The third kappa shape index (κ3) is 4.52. The van der Waals surface area contributed by atoms with Crippen LogP contribution in [-0.2, 0) is 28.6 Å². The number of nitrogens with one attached hydrogen (secondary N) is 1. The summed E-state index contributed by atoms with van der Waals surface area (Å²) in [6.45, 7) is 3.96. The molecule has 0 fully saturated rings. The van der Waals surface area contributed by atoms with Crippen LogP contribution in [0.15, 0.2) is 46.8 Å². The molecule has 1 heterocycles. The van der Waals surface area contributed by atoms with Crippen LogP contribution in [0.5, 0.6) is 0 Å². The van der Waals surface area contributed by atoms with Crippen LogP contribution in [0.1, 0.15) is 31.7 Å². The second-order valence-corrected chi connectivity index (χ2v) is 8.15. The van der Waals surface area contributed by atoms with Crippen molar-refractivity contribution in [2.45, 2.75) is 26.2 Å². The average Bonchev–Trinajstić information content (AvgIpc) is 2.73. The van der Waals surface area contributed by atoms with Crippen LogP contribution in [-0.4, -0.2) is 45.2 Å². The van der Waals surface area contributed by atoms with Crippen molar-refractivity contribution in [2.24, 2.45) is 11.8 Å². The Balaban J connectivity index is 2.11. The van der Waals surface area contributed by atoms with Gasteiger partial charge in [0, 0.05) is 35.0 Å². The number of esters is 2. The lowest BCUT2D eigenvalue weighted by molar-refractivity contribution is -0.151. The number of dihydropyridines is 1. The van der Waals surface area contributed by atoms with Crippen molar-refractivity contribution in [1.82, 2.24) is 5.32 Å². The van der Waals surface area contributed by atoms with E-state index in [4.69, 9.17) is 25.8 Å². The molecular weight excluding hydrogens is 422 g/mol. The van der Waals surface area contributed by atoms with E-state index in [1.165, 1.54) is 14.2 Å². The van der Waals surface area contributed by atoms with Crippen molar-refractivity contribution in [3.05, 3.63) is 57.4 Å². The summed E-state index contributed by atoms with van der Waals surface area (Å²) in [5.74, 6) is -3.31. The van der Waals surface area contributed by atoms with Gasteiger partial charge in [-0.05, 0) is 37.0 Å². The van der Waals surface area contributed by atoms with Crippen LogP contribution in [0.2, 0.25) is 5.02 Å². The molecule has 1 N–H and O–H groups in total. The Hall–Kier alpha value is -2.64. The van der Waals surface area contributed by atoms with E-state index in [2.05, 4.69) is 5.32 Å². The van der Waals surface area contributed by atoms with Crippen LogP contribution < -0.4 is 5.32 Å². The number of benzene rings is 1. The van der Waals surface area contributed by atoms with Crippen molar-refractivity contribution < 1.29 is 28.6 Å². The maximum Gasteiger partial charge on any atom is 0.336 e. The number of carbonyl (C=O) groups is 3. The zero-order valence-corrected chi connectivity index (χ0v) is 18.7. The minimum Gasteiger partial charge on any atom is -0.468 e. The van der Waals surface area contributed by atoms with Gasteiger partial charge in [0.1, 0.15) is 12.5 Å². The van der Waals surface area contributed by atoms with E-state index < -0.39 is 23.8 Å². The minimum absolute atomic E-state index is 0.0844. The van der Waals surface area contributed by atoms with Gasteiger partial charge in [0.25, 0.3) is 0 Å². The minimum atomic E-state index is -0.926. The van der Waals surface area contributed by atoms with Gasteiger partial charge in [0.15, 0.2) is 5.78 Å². The Morgan fingerprint density at radius 2 is 1.84 bits per heavy atom. The molecule has 2 aliphatic rings. The Morgan fingerprint density at radius 1 is 1.16 bits per heavy atom. The third-order valence-electron chi connectivity index (χ3n) is 5.69. The highest BCUT2D eigenvalue weighted by Gasteiger charge is 2.47. The molecular formula is C23H26ClNO6. The standard InChI is InChI=1S/C23H26ClNO6/c1-12-11-16-20(21(26)17(12)22(27)30-4)19(14-5-7-15(24)8-6-14)18(13(2)25-16)23(28)31-10-9-29-3/h5-8,12,17,19,25H,9-11H2,1-4H3/t12-,17-,19-/m1/s1. The number of methoxy groups -OCH3 is 2. The van der Waals surface area contributed by atoms with Gasteiger partial charge >= 0.3 is 11.9 Å². The normalized spacial score (nSPS) is 23.3. The van der Waals surface area contributed by atoms with Gasteiger partial charge < -0.3 is 19.5 Å². The maximum atomic E-state index is 13.5. The number of hydrogen-bond acceptors (Lipinski definition) is 7. The molecule has 1 aliphatic carbocycles. The lowest BCUT2D eigenvalue weighted by Gasteiger charge is -2.38. The number of ether oxygens (including phenoxy) is 3. The molecule has 1 aromatic rings. The molecule has 3 atom stereocenters. The van der Waals surface area contributed by atoms with E-state index >= 15 is 0 Å². The summed E-state index contributed by atoms with van der Waals surface area (Å²) in [5.41, 5.74) is 2.74. The van der Waals surface area contributed by atoms with Crippen molar-refractivity contribution >= 4 is 29.3 Å². The van der Waals surface area contributed by atoms with Crippen LogP contribution in [0.3, 0.4) is 0 Å². The van der Waals surface area contributed by atoms with Gasteiger partial charge in [-0.1, -0.05) is 30.7 Å². The van der Waals surface area contributed by atoms with Crippen molar-refractivity contribution in [3.63, 3.8) is 0 Å². The maximum absolute atomic E-state index is 13.5. The molecule has 1 aromatic carbocycles.